The minimum Gasteiger partial charge on any atom is -0.756 e. The Bertz CT molecular complexity index is 1110. The van der Waals surface area contributed by atoms with Gasteiger partial charge in [-0.15, -0.1) is 0 Å². The molecular formula is C53H103N2O6P. The van der Waals surface area contributed by atoms with E-state index >= 15 is 0 Å². The molecule has 1 amide bonds. The largest absolute Gasteiger partial charge is 0.756 e. The average Bonchev–Trinajstić information content (AvgIpc) is 3.23. The third-order valence-electron chi connectivity index (χ3n) is 11.8. The number of likely N-dealkylation sites (N-methyl/N-ethyl adjacent to an activating group) is 1. The summed E-state index contributed by atoms with van der Waals surface area (Å²) in [5.74, 6) is -0.212. The summed E-state index contributed by atoms with van der Waals surface area (Å²) in [4.78, 5) is 25.3. The number of carbonyl (C=O) groups is 1. The molecule has 3 atom stereocenters. The van der Waals surface area contributed by atoms with Gasteiger partial charge in [0.2, 0.25) is 5.91 Å². The fraction of sp³-hybridized carbons (Fsp3) is 0.868. The van der Waals surface area contributed by atoms with E-state index in [2.05, 4.69) is 43.5 Å². The van der Waals surface area contributed by atoms with Gasteiger partial charge in [0, 0.05) is 6.42 Å². The first-order valence-electron chi connectivity index (χ1n) is 26.4. The highest BCUT2D eigenvalue weighted by Crippen LogP contribution is 2.38. The molecule has 0 aliphatic carbocycles. The molecule has 0 aromatic rings. The zero-order valence-electron chi connectivity index (χ0n) is 41.6. The van der Waals surface area contributed by atoms with Crippen LogP contribution in [0.3, 0.4) is 0 Å². The van der Waals surface area contributed by atoms with E-state index < -0.39 is 26.6 Å². The smallest absolute Gasteiger partial charge is 0.268 e. The molecule has 62 heavy (non-hydrogen) atoms. The van der Waals surface area contributed by atoms with Crippen molar-refractivity contribution < 1.29 is 32.9 Å². The minimum atomic E-state index is -4.60. The van der Waals surface area contributed by atoms with Gasteiger partial charge in [-0.25, -0.2) is 0 Å². The molecule has 0 bridgehead atoms. The van der Waals surface area contributed by atoms with E-state index in [9.17, 15) is 19.4 Å². The second kappa shape index (κ2) is 44.9. The number of allylic oxidation sites excluding steroid dienone is 5. The van der Waals surface area contributed by atoms with Crippen LogP contribution in [0.2, 0.25) is 0 Å². The number of quaternary nitrogens is 1. The van der Waals surface area contributed by atoms with Crippen molar-refractivity contribution in [3.05, 3.63) is 36.5 Å². The highest BCUT2D eigenvalue weighted by Gasteiger charge is 2.23. The number of phosphoric acid groups is 1. The van der Waals surface area contributed by atoms with Crippen LogP contribution in [-0.2, 0) is 18.4 Å². The summed E-state index contributed by atoms with van der Waals surface area (Å²) in [6.45, 7) is 4.62. The molecule has 0 aliphatic rings. The molecule has 3 unspecified atom stereocenters. The fourth-order valence-electron chi connectivity index (χ4n) is 7.66. The molecule has 0 aromatic carbocycles. The summed E-state index contributed by atoms with van der Waals surface area (Å²) in [6, 6.07) is -0.906. The van der Waals surface area contributed by atoms with Crippen LogP contribution < -0.4 is 10.2 Å². The maximum absolute atomic E-state index is 12.8. The van der Waals surface area contributed by atoms with E-state index in [-0.39, 0.29) is 12.5 Å². The Morgan fingerprint density at radius 1 is 0.548 bits per heavy atom. The summed E-state index contributed by atoms with van der Waals surface area (Å²) in [7, 11) is 1.24. The average molecular weight is 895 g/mol. The molecule has 366 valence electrons. The lowest BCUT2D eigenvalue weighted by molar-refractivity contribution is -0.870. The Balaban J connectivity index is 4.20. The van der Waals surface area contributed by atoms with Crippen molar-refractivity contribution in [3.63, 3.8) is 0 Å². The number of aliphatic hydroxyl groups excluding tert-OH is 1. The minimum absolute atomic E-state index is 0.00786. The van der Waals surface area contributed by atoms with Gasteiger partial charge in [0.1, 0.15) is 13.2 Å². The van der Waals surface area contributed by atoms with Gasteiger partial charge in [0.15, 0.2) is 0 Å². The topological polar surface area (TPSA) is 108 Å². The van der Waals surface area contributed by atoms with Gasteiger partial charge < -0.3 is 28.8 Å². The summed E-state index contributed by atoms with van der Waals surface area (Å²) >= 11 is 0. The van der Waals surface area contributed by atoms with Crippen molar-refractivity contribution in [2.24, 2.45) is 0 Å². The zero-order valence-corrected chi connectivity index (χ0v) is 42.5. The third-order valence-corrected chi connectivity index (χ3v) is 12.8. The van der Waals surface area contributed by atoms with Crippen LogP contribution in [0.1, 0.15) is 245 Å². The Morgan fingerprint density at radius 3 is 1.31 bits per heavy atom. The number of rotatable bonds is 48. The first-order valence-corrected chi connectivity index (χ1v) is 27.8. The molecule has 2 N–H and O–H groups in total. The van der Waals surface area contributed by atoms with E-state index in [0.29, 0.717) is 17.4 Å². The van der Waals surface area contributed by atoms with Gasteiger partial charge in [0.05, 0.1) is 39.9 Å². The van der Waals surface area contributed by atoms with Crippen LogP contribution in [0, 0.1) is 0 Å². The molecule has 0 rings (SSSR count). The van der Waals surface area contributed by atoms with E-state index in [4.69, 9.17) is 9.05 Å². The summed E-state index contributed by atoms with van der Waals surface area (Å²) < 4.78 is 23.2. The third kappa shape index (κ3) is 46.7. The summed E-state index contributed by atoms with van der Waals surface area (Å²) in [6.07, 6.45) is 56.6. The summed E-state index contributed by atoms with van der Waals surface area (Å²) in [5.41, 5.74) is 0. The van der Waals surface area contributed by atoms with Crippen LogP contribution in [0.15, 0.2) is 36.5 Å². The standard InChI is InChI=1S/C53H103N2O6P/c1-6-8-10-12-14-16-18-19-20-21-22-23-24-25-26-27-28-29-30-31-32-33-34-35-37-38-40-42-44-46-52(56)51(50-61-62(58,59)60-49-48-55(3,4)5)54-53(57)47-45-43-41-39-36-17-15-13-11-9-7-2/h32-33,37-38,44,46,51-52,56H,6-31,34-36,39-43,45,47-50H2,1-5H3,(H-,54,57,58,59)/b33-32+,38-37+,46-44+. The Kier molecular flexibility index (Phi) is 44.0. The SMILES string of the molecule is CCCCCCCCCCCCCCCCCCCCC/C=C/CC/C=C/CC/C=C/C(O)C(COP(=O)([O-])OCC[N+](C)(C)C)NC(=O)CCCCCCCCCCCCC. The quantitative estimate of drug-likeness (QED) is 0.0273. The Labute approximate surface area is 385 Å². The lowest BCUT2D eigenvalue weighted by atomic mass is 10.0. The van der Waals surface area contributed by atoms with E-state index in [1.165, 1.54) is 180 Å². The Hall–Kier alpha value is -1.28. The molecule has 0 aliphatic heterocycles. The highest BCUT2D eigenvalue weighted by molar-refractivity contribution is 7.45. The van der Waals surface area contributed by atoms with E-state index in [1.807, 2.05) is 27.2 Å². The number of hydrogen-bond acceptors (Lipinski definition) is 6. The van der Waals surface area contributed by atoms with E-state index in [1.54, 1.807) is 6.08 Å². The molecular weight excluding hydrogens is 792 g/mol. The number of hydrogen-bond donors (Lipinski definition) is 2. The van der Waals surface area contributed by atoms with Gasteiger partial charge in [-0.3, -0.25) is 9.36 Å². The van der Waals surface area contributed by atoms with Crippen molar-refractivity contribution >= 4 is 13.7 Å². The predicted octanol–water partition coefficient (Wildman–Crippen LogP) is 14.8. The fourth-order valence-corrected chi connectivity index (χ4v) is 8.38. The first kappa shape index (κ1) is 60.7. The van der Waals surface area contributed by atoms with Crippen molar-refractivity contribution in [1.29, 1.82) is 0 Å². The van der Waals surface area contributed by atoms with Crippen molar-refractivity contribution in [3.8, 4) is 0 Å². The number of aliphatic hydroxyl groups is 1. The number of phosphoric ester groups is 1. The molecule has 0 saturated carbocycles. The van der Waals surface area contributed by atoms with Crippen molar-refractivity contribution in [2.75, 3.05) is 40.9 Å². The molecule has 0 heterocycles. The lowest BCUT2D eigenvalue weighted by Crippen LogP contribution is -2.45. The second-order valence-corrected chi connectivity index (χ2v) is 20.6. The van der Waals surface area contributed by atoms with Gasteiger partial charge in [-0.05, 0) is 44.9 Å². The van der Waals surface area contributed by atoms with Crippen LogP contribution >= 0.6 is 7.82 Å². The number of unbranched alkanes of at least 4 members (excludes halogenated alkanes) is 31. The van der Waals surface area contributed by atoms with Crippen LogP contribution in [0.25, 0.3) is 0 Å². The molecule has 8 nitrogen and oxygen atoms in total. The maximum atomic E-state index is 12.8. The monoisotopic (exact) mass is 895 g/mol. The van der Waals surface area contributed by atoms with Gasteiger partial charge >= 0.3 is 0 Å². The predicted molar refractivity (Wildman–Crippen MR) is 265 cm³/mol. The van der Waals surface area contributed by atoms with Crippen LogP contribution in [0.5, 0.6) is 0 Å². The molecule has 9 heteroatoms. The number of amides is 1. The van der Waals surface area contributed by atoms with E-state index in [0.717, 1.165) is 44.9 Å². The molecule has 0 aromatic heterocycles. The second-order valence-electron chi connectivity index (χ2n) is 19.2. The number of nitrogens with zero attached hydrogens (tertiary/aromatic N) is 1. The van der Waals surface area contributed by atoms with Gasteiger partial charge in [-0.2, -0.15) is 0 Å². The van der Waals surface area contributed by atoms with Crippen molar-refractivity contribution in [2.45, 2.75) is 257 Å². The molecule has 0 fully saturated rings. The lowest BCUT2D eigenvalue weighted by Gasteiger charge is -2.29. The molecule has 0 radical (unpaired) electrons. The highest BCUT2D eigenvalue weighted by atomic mass is 31.2. The Morgan fingerprint density at radius 2 is 0.903 bits per heavy atom. The number of carbonyl (C=O) groups excluding carboxylic acids is 1. The normalized spacial score (nSPS) is 14.4. The molecule has 0 spiro atoms. The van der Waals surface area contributed by atoms with Crippen LogP contribution in [-0.4, -0.2) is 68.5 Å². The van der Waals surface area contributed by atoms with Crippen LogP contribution in [0.4, 0.5) is 0 Å². The first-order chi connectivity index (χ1) is 30.0. The van der Waals surface area contributed by atoms with Gasteiger partial charge in [-0.1, -0.05) is 230 Å². The number of nitrogens with one attached hydrogen (secondary N) is 1. The zero-order chi connectivity index (χ0) is 45.7. The molecule has 0 saturated heterocycles. The summed E-state index contributed by atoms with van der Waals surface area (Å²) in [5, 5.41) is 13.8. The van der Waals surface area contributed by atoms with Crippen molar-refractivity contribution in [1.82, 2.24) is 5.32 Å². The maximum Gasteiger partial charge on any atom is 0.268 e. The van der Waals surface area contributed by atoms with Gasteiger partial charge in [0.25, 0.3) is 7.82 Å².